The molecule has 0 spiro atoms. The molecule has 0 unspecified atom stereocenters. The van der Waals surface area contributed by atoms with E-state index in [4.69, 9.17) is 0 Å². The van der Waals surface area contributed by atoms with E-state index in [9.17, 15) is 17.6 Å². The molecule has 14 heavy (non-hydrogen) atoms. The number of halogens is 4. The topological polar surface area (TPSA) is 15.3 Å². The number of hydrogen-bond acceptors (Lipinski definition) is 2. The Kier molecular flexibility index (Phi) is 3.36. The van der Waals surface area contributed by atoms with Crippen molar-refractivity contribution in [2.24, 2.45) is 0 Å². The maximum atomic E-state index is 13.0. The average molecular weight is 214 g/mol. The van der Waals surface area contributed by atoms with Crippen molar-refractivity contribution in [3.8, 4) is 0 Å². The van der Waals surface area contributed by atoms with Crippen LogP contribution in [-0.4, -0.2) is 50.0 Å². The predicted molar refractivity (Wildman–Crippen MR) is 44.9 cm³/mol. The van der Waals surface area contributed by atoms with Crippen molar-refractivity contribution in [2.45, 2.75) is 18.3 Å². The molecular weight excluding hydrogens is 200 g/mol. The molecule has 0 aromatic carbocycles. The number of nitrogens with zero attached hydrogens (tertiary/aromatic N) is 1. The van der Waals surface area contributed by atoms with E-state index in [1.54, 1.807) is 0 Å². The van der Waals surface area contributed by atoms with E-state index in [2.05, 4.69) is 5.32 Å². The van der Waals surface area contributed by atoms with Crippen LogP contribution in [0.1, 0.15) is 6.42 Å². The van der Waals surface area contributed by atoms with E-state index < -0.39 is 31.5 Å². The molecule has 0 aliphatic carbocycles. The molecule has 1 N–H and O–H groups in total. The first-order valence-corrected chi connectivity index (χ1v) is 4.47. The van der Waals surface area contributed by atoms with Gasteiger partial charge in [0.2, 0.25) is 0 Å². The van der Waals surface area contributed by atoms with Crippen molar-refractivity contribution in [3.05, 3.63) is 0 Å². The minimum absolute atomic E-state index is 0.0479. The third-order valence-corrected chi connectivity index (χ3v) is 2.14. The predicted octanol–water partition coefficient (Wildman–Crippen LogP) is 1.18. The maximum Gasteiger partial charge on any atom is 0.272 e. The fraction of sp³-hybridized carbons (Fsp3) is 1.00. The highest BCUT2D eigenvalue weighted by Crippen LogP contribution is 2.28. The van der Waals surface area contributed by atoms with Gasteiger partial charge >= 0.3 is 0 Å². The summed E-state index contributed by atoms with van der Waals surface area (Å²) in [6, 6.07) is 0. The number of likely N-dealkylation sites (tertiary alicyclic amines) is 1. The average Bonchev–Trinajstić information content (AvgIpc) is 2.28. The van der Waals surface area contributed by atoms with E-state index in [1.807, 2.05) is 0 Å². The summed E-state index contributed by atoms with van der Waals surface area (Å²) in [5, 5.41) is 2.34. The van der Waals surface area contributed by atoms with E-state index in [1.165, 1.54) is 7.05 Å². The highest BCUT2D eigenvalue weighted by atomic mass is 19.3. The van der Waals surface area contributed by atoms with E-state index in [0.717, 1.165) is 4.90 Å². The SMILES string of the molecule is CNCC(F)(F)CN1CCC(F)(F)C1. The monoisotopic (exact) mass is 214 g/mol. The summed E-state index contributed by atoms with van der Waals surface area (Å²) in [5.41, 5.74) is 0. The molecule has 0 amide bonds. The molecule has 2 nitrogen and oxygen atoms in total. The first kappa shape index (κ1) is 11.7. The summed E-state index contributed by atoms with van der Waals surface area (Å²) >= 11 is 0. The van der Waals surface area contributed by atoms with Gasteiger partial charge in [-0.15, -0.1) is 0 Å². The first-order valence-electron chi connectivity index (χ1n) is 4.47. The second kappa shape index (κ2) is 4.02. The van der Waals surface area contributed by atoms with Gasteiger partial charge in [-0.1, -0.05) is 0 Å². The highest BCUT2D eigenvalue weighted by molar-refractivity contribution is 4.85. The minimum Gasteiger partial charge on any atom is -0.314 e. The first-order chi connectivity index (χ1) is 6.35. The molecule has 0 atom stereocenters. The van der Waals surface area contributed by atoms with Gasteiger partial charge in [0.05, 0.1) is 19.6 Å². The second-order valence-corrected chi connectivity index (χ2v) is 3.70. The maximum absolute atomic E-state index is 13.0. The molecule has 1 aliphatic heterocycles. The third-order valence-electron chi connectivity index (χ3n) is 2.14. The fourth-order valence-corrected chi connectivity index (χ4v) is 1.58. The summed E-state index contributed by atoms with van der Waals surface area (Å²) in [6.07, 6.45) is -0.317. The molecule has 0 bridgehead atoms. The molecule has 1 aliphatic rings. The summed E-state index contributed by atoms with van der Waals surface area (Å²) in [7, 11) is 1.41. The summed E-state index contributed by atoms with van der Waals surface area (Å²) < 4.78 is 51.3. The number of nitrogens with one attached hydrogen (secondary N) is 1. The third kappa shape index (κ3) is 3.42. The van der Waals surface area contributed by atoms with Crippen LogP contribution < -0.4 is 5.32 Å². The van der Waals surface area contributed by atoms with Crippen LogP contribution in [0, 0.1) is 0 Å². The van der Waals surface area contributed by atoms with E-state index in [-0.39, 0.29) is 13.0 Å². The van der Waals surface area contributed by atoms with Crippen molar-refractivity contribution in [3.63, 3.8) is 0 Å². The van der Waals surface area contributed by atoms with Gasteiger partial charge in [-0.25, -0.2) is 17.6 Å². The fourth-order valence-electron chi connectivity index (χ4n) is 1.58. The van der Waals surface area contributed by atoms with Gasteiger partial charge in [0.25, 0.3) is 11.8 Å². The van der Waals surface area contributed by atoms with E-state index >= 15 is 0 Å². The van der Waals surface area contributed by atoms with Crippen molar-refractivity contribution in [1.82, 2.24) is 10.2 Å². The zero-order valence-electron chi connectivity index (χ0n) is 7.99. The molecule has 1 fully saturated rings. The van der Waals surface area contributed by atoms with Crippen molar-refractivity contribution < 1.29 is 17.6 Å². The molecule has 0 aromatic heterocycles. The van der Waals surface area contributed by atoms with Crippen LogP contribution >= 0.6 is 0 Å². The van der Waals surface area contributed by atoms with Crippen molar-refractivity contribution in [2.75, 3.05) is 33.2 Å². The molecular formula is C8H14F4N2. The van der Waals surface area contributed by atoms with Crippen LogP contribution in [0.4, 0.5) is 17.6 Å². The van der Waals surface area contributed by atoms with Crippen LogP contribution in [0.2, 0.25) is 0 Å². The van der Waals surface area contributed by atoms with Gasteiger partial charge in [0.15, 0.2) is 0 Å². The van der Waals surface area contributed by atoms with Gasteiger partial charge in [-0.05, 0) is 7.05 Å². The van der Waals surface area contributed by atoms with Gasteiger partial charge in [0, 0.05) is 13.0 Å². The van der Waals surface area contributed by atoms with Crippen molar-refractivity contribution in [1.29, 1.82) is 0 Å². The molecule has 0 aromatic rings. The molecule has 1 saturated heterocycles. The molecule has 84 valence electrons. The molecule has 1 heterocycles. The number of hydrogen-bond donors (Lipinski definition) is 1. The Morgan fingerprint density at radius 3 is 2.50 bits per heavy atom. The lowest BCUT2D eigenvalue weighted by molar-refractivity contribution is -0.0376. The Balaban J connectivity index is 2.39. The second-order valence-electron chi connectivity index (χ2n) is 3.70. The van der Waals surface area contributed by atoms with Crippen LogP contribution in [-0.2, 0) is 0 Å². The number of rotatable bonds is 4. The van der Waals surface area contributed by atoms with Crippen LogP contribution in [0.5, 0.6) is 0 Å². The Labute approximate surface area is 80.3 Å². The standard InChI is InChI=1S/C8H14F4N2/c1-13-4-8(11,12)6-14-3-2-7(9,10)5-14/h13H,2-6H2,1H3. The van der Waals surface area contributed by atoms with Gasteiger partial charge in [0.1, 0.15) is 0 Å². The largest absolute Gasteiger partial charge is 0.314 e. The molecule has 0 radical (unpaired) electrons. The quantitative estimate of drug-likeness (QED) is 0.707. The summed E-state index contributed by atoms with van der Waals surface area (Å²) in [5.74, 6) is -5.73. The van der Waals surface area contributed by atoms with Gasteiger partial charge < -0.3 is 5.32 Å². The lowest BCUT2D eigenvalue weighted by Crippen LogP contribution is -2.42. The summed E-state index contributed by atoms with van der Waals surface area (Å²) in [4.78, 5) is 1.11. The summed E-state index contributed by atoms with van der Waals surface area (Å²) in [6.45, 7) is -1.57. The zero-order chi connectivity index (χ0) is 10.8. The molecule has 0 saturated carbocycles. The Morgan fingerprint density at radius 2 is 2.07 bits per heavy atom. The Morgan fingerprint density at radius 1 is 1.43 bits per heavy atom. The molecule has 1 rings (SSSR count). The number of alkyl halides is 4. The van der Waals surface area contributed by atoms with Crippen LogP contribution in [0.3, 0.4) is 0 Å². The Bertz CT molecular complexity index is 196. The zero-order valence-corrected chi connectivity index (χ0v) is 7.99. The van der Waals surface area contributed by atoms with Crippen LogP contribution in [0.25, 0.3) is 0 Å². The van der Waals surface area contributed by atoms with Crippen molar-refractivity contribution >= 4 is 0 Å². The minimum atomic E-state index is -2.94. The lowest BCUT2D eigenvalue weighted by atomic mass is 10.3. The van der Waals surface area contributed by atoms with Gasteiger partial charge in [-0.3, -0.25) is 4.90 Å². The van der Waals surface area contributed by atoms with E-state index in [0.29, 0.717) is 0 Å². The highest BCUT2D eigenvalue weighted by Gasteiger charge is 2.42. The van der Waals surface area contributed by atoms with Gasteiger partial charge in [-0.2, -0.15) is 0 Å². The Hall–Kier alpha value is -0.360. The lowest BCUT2D eigenvalue weighted by Gasteiger charge is -2.22. The normalized spacial score (nSPS) is 22.9. The molecule has 6 heteroatoms. The van der Waals surface area contributed by atoms with Crippen LogP contribution in [0.15, 0.2) is 0 Å². The smallest absolute Gasteiger partial charge is 0.272 e.